The highest BCUT2D eigenvalue weighted by Gasteiger charge is 2.36. The van der Waals surface area contributed by atoms with Gasteiger partial charge in [0.15, 0.2) is 0 Å². The van der Waals surface area contributed by atoms with E-state index in [1.807, 2.05) is 0 Å². The zero-order valence-corrected chi connectivity index (χ0v) is 27.4. The highest BCUT2D eigenvalue weighted by atomic mass is 16.3. The molecule has 2 nitrogen and oxygen atoms in total. The van der Waals surface area contributed by atoms with Gasteiger partial charge in [-0.1, -0.05) is 135 Å². The normalized spacial score (nSPS) is 13.3. The van der Waals surface area contributed by atoms with Crippen LogP contribution >= 0.6 is 0 Å². The summed E-state index contributed by atoms with van der Waals surface area (Å²) >= 11 is 0. The van der Waals surface area contributed by atoms with Crippen LogP contribution in [0.1, 0.15) is 25.0 Å². The van der Waals surface area contributed by atoms with Gasteiger partial charge < -0.3 is 9.32 Å². The molecule has 0 saturated heterocycles. The second kappa shape index (κ2) is 10.4. The van der Waals surface area contributed by atoms with Crippen molar-refractivity contribution in [2.24, 2.45) is 0 Å². The molecule has 10 rings (SSSR count). The van der Waals surface area contributed by atoms with E-state index >= 15 is 0 Å². The Morgan fingerprint density at radius 2 is 1.10 bits per heavy atom. The molecule has 1 heterocycles. The van der Waals surface area contributed by atoms with Crippen LogP contribution in [0.25, 0.3) is 65.7 Å². The predicted molar refractivity (Wildman–Crippen MR) is 206 cm³/mol. The van der Waals surface area contributed by atoms with Gasteiger partial charge in [-0.25, -0.2) is 0 Å². The molecule has 0 N–H and O–H groups in total. The minimum absolute atomic E-state index is 0.115. The molecule has 1 aliphatic rings. The molecule has 9 aromatic rings. The summed E-state index contributed by atoms with van der Waals surface area (Å²) in [7, 11) is 0. The Morgan fingerprint density at radius 3 is 1.98 bits per heavy atom. The molecule has 0 aliphatic heterocycles. The van der Waals surface area contributed by atoms with E-state index in [2.05, 4.69) is 183 Å². The summed E-state index contributed by atoms with van der Waals surface area (Å²) in [6.07, 6.45) is 0. The van der Waals surface area contributed by atoms with E-state index in [-0.39, 0.29) is 5.41 Å². The van der Waals surface area contributed by atoms with Crippen molar-refractivity contribution < 1.29 is 4.42 Å². The van der Waals surface area contributed by atoms with Crippen LogP contribution in [0.3, 0.4) is 0 Å². The van der Waals surface area contributed by atoms with E-state index in [1.165, 1.54) is 49.5 Å². The lowest BCUT2D eigenvalue weighted by atomic mass is 9.82. The van der Waals surface area contributed by atoms with Crippen LogP contribution in [0, 0.1) is 0 Å². The first-order valence-corrected chi connectivity index (χ1v) is 17.0. The van der Waals surface area contributed by atoms with E-state index in [9.17, 15) is 0 Å². The Labute approximate surface area is 285 Å². The number of hydrogen-bond acceptors (Lipinski definition) is 2. The highest BCUT2D eigenvalue weighted by molar-refractivity contribution is 6.25. The summed E-state index contributed by atoms with van der Waals surface area (Å²) in [4.78, 5) is 2.44. The Morgan fingerprint density at radius 1 is 0.449 bits per heavy atom. The zero-order valence-electron chi connectivity index (χ0n) is 27.4. The largest absolute Gasteiger partial charge is 0.456 e. The summed E-state index contributed by atoms with van der Waals surface area (Å²) in [6, 6.07) is 59.4. The monoisotopic (exact) mass is 627 g/mol. The van der Waals surface area contributed by atoms with E-state index < -0.39 is 0 Å². The fraction of sp³-hybridized carbons (Fsp3) is 0.0638. The first kappa shape index (κ1) is 27.9. The lowest BCUT2D eigenvalue weighted by Crippen LogP contribution is -2.16. The van der Waals surface area contributed by atoms with Crippen molar-refractivity contribution in [1.29, 1.82) is 0 Å². The first-order chi connectivity index (χ1) is 24.1. The Hall–Kier alpha value is -6.12. The van der Waals surface area contributed by atoms with Crippen LogP contribution in [0.2, 0.25) is 0 Å². The molecule has 1 aliphatic carbocycles. The van der Waals surface area contributed by atoms with Gasteiger partial charge in [0.2, 0.25) is 0 Å². The fourth-order valence-corrected chi connectivity index (χ4v) is 8.31. The summed E-state index contributed by atoms with van der Waals surface area (Å²) in [5, 5.41) is 7.00. The molecule has 2 heteroatoms. The molecular weight excluding hydrogens is 595 g/mol. The molecule has 0 spiro atoms. The van der Waals surface area contributed by atoms with Gasteiger partial charge in [0.05, 0.1) is 5.69 Å². The number of nitrogens with zero attached hydrogens (tertiary/aromatic N) is 1. The number of rotatable bonds is 4. The average molecular weight is 628 g/mol. The van der Waals surface area contributed by atoms with Gasteiger partial charge in [-0.05, 0) is 92.0 Å². The van der Waals surface area contributed by atoms with Crippen molar-refractivity contribution in [3.05, 3.63) is 175 Å². The number of anilines is 3. The van der Waals surface area contributed by atoms with E-state index in [0.29, 0.717) is 0 Å². The third-order valence-corrected chi connectivity index (χ3v) is 10.6. The molecule has 0 unspecified atom stereocenters. The molecule has 0 radical (unpaired) electrons. The highest BCUT2D eigenvalue weighted by Crippen LogP contribution is 2.51. The summed E-state index contributed by atoms with van der Waals surface area (Å²) in [5.41, 5.74) is 12.8. The minimum Gasteiger partial charge on any atom is -0.456 e. The molecule has 0 amide bonds. The van der Waals surface area contributed by atoms with Crippen molar-refractivity contribution in [2.75, 3.05) is 4.90 Å². The molecule has 0 fully saturated rings. The lowest BCUT2D eigenvalue weighted by molar-refractivity contribution is 0.660. The molecule has 0 bridgehead atoms. The van der Waals surface area contributed by atoms with Crippen LogP contribution in [0.15, 0.2) is 168 Å². The maximum absolute atomic E-state index is 6.77. The van der Waals surface area contributed by atoms with Crippen LogP contribution in [-0.4, -0.2) is 0 Å². The molecular formula is C47H33NO. The fourth-order valence-electron chi connectivity index (χ4n) is 8.31. The number of benzene rings is 8. The van der Waals surface area contributed by atoms with Crippen LogP contribution in [0.4, 0.5) is 17.1 Å². The van der Waals surface area contributed by atoms with Crippen LogP contribution in [-0.2, 0) is 5.41 Å². The van der Waals surface area contributed by atoms with Crippen molar-refractivity contribution in [3.63, 3.8) is 0 Å². The molecule has 8 aromatic carbocycles. The molecule has 1 aromatic heterocycles. The Balaban J connectivity index is 1.27. The second-order valence-corrected chi connectivity index (χ2v) is 13.7. The Bertz CT molecular complexity index is 2750. The summed E-state index contributed by atoms with van der Waals surface area (Å²) in [6.45, 7) is 4.70. The molecule has 0 saturated carbocycles. The zero-order chi connectivity index (χ0) is 32.7. The van der Waals surface area contributed by atoms with E-state index in [1.54, 1.807) is 0 Å². The van der Waals surface area contributed by atoms with Gasteiger partial charge in [-0.15, -0.1) is 0 Å². The number of hydrogen-bond donors (Lipinski definition) is 0. The van der Waals surface area contributed by atoms with Crippen molar-refractivity contribution in [1.82, 2.24) is 0 Å². The Kier molecular flexibility index (Phi) is 5.95. The van der Waals surface area contributed by atoms with Gasteiger partial charge in [0.1, 0.15) is 11.2 Å². The summed E-state index contributed by atoms with van der Waals surface area (Å²) < 4.78 is 6.77. The van der Waals surface area contributed by atoms with Gasteiger partial charge in [0, 0.05) is 32.9 Å². The van der Waals surface area contributed by atoms with Gasteiger partial charge in [0.25, 0.3) is 0 Å². The predicted octanol–water partition coefficient (Wildman–Crippen LogP) is 13.3. The lowest BCUT2D eigenvalue weighted by Gasteiger charge is -2.29. The maximum atomic E-state index is 6.77. The standard InChI is InChI=1S/C47H33NO/c1-47(2)40-22-7-6-18-35(40)36-25-24-34(29-41(36)47)48(33-17-8-16-32(28-33)30-12-4-3-5-13-30)42-26-27-44-46-38(20-11-21-39(42)46)37-19-9-14-31-15-10-23-43(49-44)45(31)37/h3-29H,1-2H3. The third-order valence-electron chi connectivity index (χ3n) is 10.6. The van der Waals surface area contributed by atoms with E-state index in [0.717, 1.165) is 44.4 Å². The quantitative estimate of drug-likeness (QED) is 0.193. The van der Waals surface area contributed by atoms with Crippen LogP contribution in [0.5, 0.6) is 0 Å². The minimum atomic E-state index is -0.115. The van der Waals surface area contributed by atoms with Crippen molar-refractivity contribution >= 4 is 60.5 Å². The maximum Gasteiger partial charge on any atom is 0.136 e. The second-order valence-electron chi connectivity index (χ2n) is 13.7. The first-order valence-electron chi connectivity index (χ1n) is 17.0. The topological polar surface area (TPSA) is 16.4 Å². The molecule has 232 valence electrons. The van der Waals surface area contributed by atoms with Crippen molar-refractivity contribution in [3.8, 4) is 22.3 Å². The average Bonchev–Trinajstić information content (AvgIpc) is 3.28. The van der Waals surface area contributed by atoms with Gasteiger partial charge in [-0.3, -0.25) is 0 Å². The van der Waals surface area contributed by atoms with Crippen LogP contribution < -0.4 is 4.90 Å². The van der Waals surface area contributed by atoms with Gasteiger partial charge in [-0.2, -0.15) is 0 Å². The van der Waals surface area contributed by atoms with Crippen molar-refractivity contribution in [2.45, 2.75) is 19.3 Å². The van der Waals surface area contributed by atoms with Gasteiger partial charge >= 0.3 is 0 Å². The smallest absolute Gasteiger partial charge is 0.136 e. The molecule has 0 atom stereocenters. The van der Waals surface area contributed by atoms with E-state index in [4.69, 9.17) is 4.42 Å². The third kappa shape index (κ3) is 4.14. The summed E-state index contributed by atoms with van der Waals surface area (Å²) in [5.74, 6) is 0. The SMILES string of the molecule is CC1(C)c2ccccc2-c2ccc(N(c3cccc(-c4ccccc4)c3)c3ccc4oc5cccc6cccc(c7cccc3c47)c65)cc21. The molecule has 49 heavy (non-hydrogen) atoms. The number of fused-ring (bicyclic) bond motifs is 4.